The summed E-state index contributed by atoms with van der Waals surface area (Å²) >= 11 is 0. The molecule has 3 saturated carbocycles. The summed E-state index contributed by atoms with van der Waals surface area (Å²) in [7, 11) is 0. The van der Waals surface area contributed by atoms with Crippen molar-refractivity contribution in [2.45, 2.75) is 99.4 Å². The first-order valence-electron chi connectivity index (χ1n) is 11.9. The summed E-state index contributed by atoms with van der Waals surface area (Å²) in [5.41, 5.74) is -11.6. The molecule has 10 atom stereocenters. The average Bonchev–Trinajstić information content (AvgIpc) is 3.52. The van der Waals surface area contributed by atoms with Gasteiger partial charge in [0.1, 0.15) is 33.7 Å². The Morgan fingerprint density at radius 3 is 2.55 bits per heavy atom. The number of carbonyl (C=O) groups excluding carboxylic acids is 1. The fourth-order valence-corrected chi connectivity index (χ4v) is 9.97. The summed E-state index contributed by atoms with van der Waals surface area (Å²) in [6.07, 6.45) is 1.41. The Morgan fingerprint density at radius 2 is 1.94 bits per heavy atom. The van der Waals surface area contributed by atoms with Gasteiger partial charge in [-0.3, -0.25) is 0 Å². The van der Waals surface area contributed by atoms with Crippen molar-refractivity contribution >= 4 is 5.97 Å². The molecule has 8 bridgehead atoms. The van der Waals surface area contributed by atoms with E-state index in [2.05, 4.69) is 4.98 Å². The summed E-state index contributed by atoms with van der Waals surface area (Å²) in [5, 5.41) is 50.0. The molecule has 3 aliphatic carbocycles. The van der Waals surface area contributed by atoms with Crippen LogP contribution in [0.3, 0.4) is 0 Å². The van der Waals surface area contributed by atoms with Gasteiger partial charge >= 0.3 is 5.97 Å². The van der Waals surface area contributed by atoms with Crippen LogP contribution < -0.4 is 0 Å². The molecule has 5 heterocycles. The molecule has 8 rings (SSSR count). The summed E-state index contributed by atoms with van der Waals surface area (Å²) in [4.78, 5) is 15.9. The monoisotopic (exact) mass is 461 g/mol. The highest BCUT2D eigenvalue weighted by molar-refractivity contribution is 5.87. The van der Waals surface area contributed by atoms with Crippen molar-refractivity contribution in [3.63, 3.8) is 0 Å². The van der Waals surface area contributed by atoms with Crippen molar-refractivity contribution < 1.29 is 39.4 Å². The highest BCUT2D eigenvalue weighted by Gasteiger charge is 3.10. The fraction of sp³-hybridized carbons (Fsp3) is 0.792. The lowest BCUT2D eigenvalue weighted by Crippen LogP contribution is -2.73. The number of carbonyl (C=O) groups is 1. The van der Waals surface area contributed by atoms with Crippen LogP contribution in [0.5, 0.6) is 0 Å². The fourth-order valence-electron chi connectivity index (χ4n) is 9.97. The number of fused-ring (bicyclic) bond motifs is 1. The van der Waals surface area contributed by atoms with Crippen molar-refractivity contribution in [2.24, 2.45) is 16.7 Å². The maximum Gasteiger partial charge on any atom is 0.355 e. The van der Waals surface area contributed by atoms with Gasteiger partial charge in [-0.1, -0.05) is 20.8 Å². The minimum atomic E-state index is -2.13. The first-order valence-corrected chi connectivity index (χ1v) is 11.9. The Hall–Kier alpha value is -1.49. The van der Waals surface area contributed by atoms with Gasteiger partial charge in [-0.25, -0.2) is 4.79 Å². The topological polar surface area (TPSA) is 141 Å². The van der Waals surface area contributed by atoms with E-state index in [1.54, 1.807) is 46.0 Å². The number of nitrogens with one attached hydrogen (secondary N) is 1. The molecule has 1 aromatic heterocycles. The molecular weight excluding hydrogens is 430 g/mol. The van der Waals surface area contributed by atoms with E-state index in [0.717, 1.165) is 6.42 Å². The van der Waals surface area contributed by atoms with Gasteiger partial charge in [0.25, 0.3) is 0 Å². The van der Waals surface area contributed by atoms with E-state index in [1.165, 1.54) is 0 Å². The first-order chi connectivity index (χ1) is 15.3. The van der Waals surface area contributed by atoms with Crippen LogP contribution in [-0.4, -0.2) is 77.4 Å². The van der Waals surface area contributed by atoms with Crippen LogP contribution in [0.4, 0.5) is 0 Å². The maximum absolute atomic E-state index is 13.1. The van der Waals surface area contributed by atoms with Crippen LogP contribution in [-0.2, 0) is 14.2 Å². The number of H-pyrrole nitrogens is 1. The number of ether oxygens (including phenoxy) is 3. The summed E-state index contributed by atoms with van der Waals surface area (Å²) < 4.78 is 18.9. The van der Waals surface area contributed by atoms with Crippen LogP contribution in [0.2, 0.25) is 0 Å². The molecule has 7 fully saturated rings. The summed E-state index contributed by atoms with van der Waals surface area (Å²) in [6, 6.07) is 3.19. The minimum Gasteiger partial charge on any atom is -0.451 e. The van der Waals surface area contributed by atoms with Crippen molar-refractivity contribution in [1.82, 2.24) is 4.98 Å². The molecule has 0 radical (unpaired) electrons. The van der Waals surface area contributed by atoms with E-state index in [9.17, 15) is 25.2 Å². The molecule has 0 unspecified atom stereocenters. The Bertz CT molecular complexity index is 1110. The predicted molar refractivity (Wildman–Crippen MR) is 111 cm³/mol. The Labute approximate surface area is 191 Å². The zero-order chi connectivity index (χ0) is 23.7. The number of hydrogen-bond acceptors (Lipinski definition) is 8. The van der Waals surface area contributed by atoms with Gasteiger partial charge in [0.05, 0.1) is 11.5 Å². The van der Waals surface area contributed by atoms with Gasteiger partial charge in [0.15, 0.2) is 11.9 Å². The molecule has 1 aromatic rings. The third-order valence-electron chi connectivity index (χ3n) is 11.2. The lowest BCUT2D eigenvalue weighted by atomic mass is 9.52. The van der Waals surface area contributed by atoms with E-state index in [4.69, 9.17) is 14.2 Å². The highest BCUT2D eigenvalue weighted by atomic mass is 16.7. The Balaban J connectivity index is 1.54. The van der Waals surface area contributed by atoms with E-state index >= 15 is 0 Å². The van der Waals surface area contributed by atoms with Crippen LogP contribution in [0.1, 0.15) is 63.9 Å². The third-order valence-corrected chi connectivity index (χ3v) is 11.2. The first kappa shape index (κ1) is 20.8. The molecule has 5 N–H and O–H groups in total. The summed E-state index contributed by atoms with van der Waals surface area (Å²) in [6.45, 7) is 6.81. The van der Waals surface area contributed by atoms with Crippen molar-refractivity contribution in [2.75, 3.05) is 0 Å². The molecule has 2 spiro atoms. The second-order valence-corrected chi connectivity index (χ2v) is 12.0. The molecule has 9 nitrogen and oxygen atoms in total. The minimum absolute atomic E-state index is 0.0602. The van der Waals surface area contributed by atoms with E-state index in [0.29, 0.717) is 12.8 Å². The third kappa shape index (κ3) is 1.43. The Morgan fingerprint density at radius 1 is 1.21 bits per heavy atom. The van der Waals surface area contributed by atoms with Gasteiger partial charge in [-0.15, -0.1) is 0 Å². The SMILES string of the molecule is CC(C)[C@@]1(O)[C@@H](OC(=O)c2ccc[nH]2)[C@@]2(O)[C@@]3(C)C[C@]4(O)O[C@@]5(C[C@@H]6CC[C@]35O6)[C@@]2(O)[C@@]14C. The second-order valence-electron chi connectivity index (χ2n) is 12.0. The van der Waals surface area contributed by atoms with Gasteiger partial charge in [-0.05, 0) is 37.8 Å². The van der Waals surface area contributed by atoms with Crippen LogP contribution in [0.25, 0.3) is 0 Å². The second kappa shape index (κ2) is 5.05. The number of aromatic amines is 1. The molecule has 0 amide bonds. The number of rotatable bonds is 3. The van der Waals surface area contributed by atoms with Crippen LogP contribution in [0.15, 0.2) is 18.3 Å². The van der Waals surface area contributed by atoms with Crippen molar-refractivity contribution in [3.8, 4) is 0 Å². The van der Waals surface area contributed by atoms with Crippen LogP contribution in [0, 0.1) is 16.7 Å². The standard InChI is InChI=1S/C24H31NO8/c1-12(2)22(28)16(31-15(26)14-6-5-9-25-14)23(29)17(3)11-21(27)18(22,4)24(23,30)20(33-21)10-13-7-8-19(17,20)32-13/h5-6,9,12-13,16,25,27-30H,7-8,10-11H2,1-4H3/t13-,16+,17-,18+,19-,20+,21-,22+,23+,24-/m0/s1. The lowest BCUT2D eigenvalue weighted by Gasteiger charge is -2.58. The molecule has 4 saturated heterocycles. The predicted octanol–water partition coefficient (Wildman–Crippen LogP) is 0.612. The largest absolute Gasteiger partial charge is 0.451 e. The maximum atomic E-state index is 13.1. The van der Waals surface area contributed by atoms with Gasteiger partial charge < -0.3 is 39.6 Å². The molecule has 0 aromatic carbocycles. The molecule has 180 valence electrons. The number of hydrogen-bond donors (Lipinski definition) is 5. The zero-order valence-electron chi connectivity index (χ0n) is 19.2. The van der Waals surface area contributed by atoms with Crippen molar-refractivity contribution in [3.05, 3.63) is 24.0 Å². The van der Waals surface area contributed by atoms with Crippen LogP contribution >= 0.6 is 0 Å². The molecule has 7 aliphatic rings. The number of esters is 1. The highest BCUT2D eigenvalue weighted by Crippen LogP contribution is 2.92. The quantitative estimate of drug-likeness (QED) is 0.413. The molecule has 33 heavy (non-hydrogen) atoms. The van der Waals surface area contributed by atoms with E-state index in [1.807, 2.05) is 0 Å². The molecular formula is C24H31NO8. The molecule has 4 aliphatic heterocycles. The van der Waals surface area contributed by atoms with Crippen molar-refractivity contribution in [1.29, 1.82) is 0 Å². The van der Waals surface area contributed by atoms with E-state index < -0.39 is 62.6 Å². The van der Waals surface area contributed by atoms with Gasteiger partial charge in [0.2, 0.25) is 0 Å². The normalized spacial score (nSPS) is 61.4. The number of aromatic nitrogens is 1. The smallest absolute Gasteiger partial charge is 0.355 e. The van der Waals surface area contributed by atoms with Gasteiger partial charge in [-0.2, -0.15) is 0 Å². The molecule has 9 heteroatoms. The Kier molecular flexibility index (Phi) is 3.19. The number of aliphatic hydroxyl groups is 4. The summed E-state index contributed by atoms with van der Waals surface area (Å²) in [5.74, 6) is -3.31. The van der Waals surface area contributed by atoms with Gasteiger partial charge in [0, 0.05) is 24.5 Å². The van der Waals surface area contributed by atoms with E-state index in [-0.39, 0.29) is 18.2 Å². The average molecular weight is 462 g/mol. The zero-order valence-corrected chi connectivity index (χ0v) is 19.2. The lowest BCUT2D eigenvalue weighted by molar-refractivity contribution is -0.362.